The minimum absolute atomic E-state index is 0.127. The molecule has 2 aromatic carbocycles. The lowest BCUT2D eigenvalue weighted by Crippen LogP contribution is -2.30. The Labute approximate surface area is 142 Å². The predicted molar refractivity (Wildman–Crippen MR) is 95.8 cm³/mol. The van der Waals surface area contributed by atoms with E-state index in [9.17, 15) is 9.59 Å². The first-order valence-corrected chi connectivity index (χ1v) is 7.80. The molecule has 1 N–H and O–H groups in total. The van der Waals surface area contributed by atoms with Crippen LogP contribution in [0.15, 0.2) is 42.5 Å². The van der Waals surface area contributed by atoms with Gasteiger partial charge in [0.15, 0.2) is 0 Å². The Morgan fingerprint density at radius 3 is 2.50 bits per heavy atom. The first kappa shape index (κ1) is 17.5. The van der Waals surface area contributed by atoms with Gasteiger partial charge in [0, 0.05) is 24.7 Å². The fourth-order valence-corrected chi connectivity index (χ4v) is 2.52. The molecular weight excluding hydrogens is 304 g/mol. The topological polar surface area (TPSA) is 58.6 Å². The zero-order chi connectivity index (χ0) is 17.7. The quantitative estimate of drug-likeness (QED) is 0.913. The minimum atomic E-state index is -0.219. The van der Waals surface area contributed by atoms with Gasteiger partial charge in [0.25, 0.3) is 5.91 Å². The van der Waals surface area contributed by atoms with Crippen LogP contribution in [0, 0.1) is 6.92 Å². The lowest BCUT2D eigenvalue weighted by Gasteiger charge is -2.22. The summed E-state index contributed by atoms with van der Waals surface area (Å²) >= 11 is 0. The molecule has 0 fully saturated rings. The van der Waals surface area contributed by atoms with E-state index in [1.54, 1.807) is 23.1 Å². The zero-order valence-corrected chi connectivity index (χ0v) is 14.4. The third kappa shape index (κ3) is 3.93. The van der Waals surface area contributed by atoms with Crippen LogP contribution in [0.2, 0.25) is 0 Å². The van der Waals surface area contributed by atoms with E-state index in [1.165, 1.54) is 14.0 Å². The van der Waals surface area contributed by atoms with Gasteiger partial charge in [0.1, 0.15) is 5.75 Å². The normalized spacial score (nSPS) is 10.2. The van der Waals surface area contributed by atoms with E-state index in [4.69, 9.17) is 4.74 Å². The van der Waals surface area contributed by atoms with Crippen LogP contribution in [-0.4, -0.2) is 25.5 Å². The van der Waals surface area contributed by atoms with Crippen LogP contribution in [0.3, 0.4) is 0 Å². The molecule has 0 unspecified atom stereocenters. The summed E-state index contributed by atoms with van der Waals surface area (Å²) in [5.41, 5.74) is 2.91. The summed E-state index contributed by atoms with van der Waals surface area (Å²) in [6, 6.07) is 12.8. The Balaban J connectivity index is 2.38. The largest absolute Gasteiger partial charge is 0.495 e. The molecule has 0 aliphatic heterocycles. The number of nitrogens with zero attached hydrogens (tertiary/aromatic N) is 1. The van der Waals surface area contributed by atoms with Crippen molar-refractivity contribution in [2.24, 2.45) is 0 Å². The molecule has 0 aliphatic rings. The van der Waals surface area contributed by atoms with Gasteiger partial charge in [-0.15, -0.1) is 0 Å². The molecular formula is C19H22N2O3. The molecule has 0 radical (unpaired) electrons. The van der Waals surface area contributed by atoms with Gasteiger partial charge in [-0.25, -0.2) is 0 Å². The van der Waals surface area contributed by atoms with Gasteiger partial charge in [0.05, 0.1) is 12.8 Å². The van der Waals surface area contributed by atoms with E-state index in [2.05, 4.69) is 5.32 Å². The smallest absolute Gasteiger partial charge is 0.258 e. The number of nitrogens with one attached hydrogen (secondary N) is 1. The van der Waals surface area contributed by atoms with Gasteiger partial charge in [0.2, 0.25) is 5.91 Å². The average molecular weight is 326 g/mol. The minimum Gasteiger partial charge on any atom is -0.495 e. The summed E-state index contributed by atoms with van der Waals surface area (Å²) in [5, 5.41) is 2.69. The predicted octanol–water partition coefficient (Wildman–Crippen LogP) is 3.63. The van der Waals surface area contributed by atoms with Crippen LogP contribution in [0.4, 0.5) is 11.4 Å². The number of anilines is 2. The van der Waals surface area contributed by atoms with Crippen LogP contribution in [0.25, 0.3) is 0 Å². The van der Waals surface area contributed by atoms with Gasteiger partial charge >= 0.3 is 0 Å². The van der Waals surface area contributed by atoms with Crippen molar-refractivity contribution in [3.63, 3.8) is 0 Å². The highest BCUT2D eigenvalue weighted by atomic mass is 16.5. The number of hydrogen-bond donors (Lipinski definition) is 1. The average Bonchev–Trinajstić information content (AvgIpc) is 2.55. The molecule has 0 saturated heterocycles. The number of carbonyl (C=O) groups is 2. The Kier molecular flexibility index (Phi) is 5.58. The lowest BCUT2D eigenvalue weighted by molar-refractivity contribution is -0.114. The monoisotopic (exact) mass is 326 g/mol. The number of ether oxygens (including phenoxy) is 1. The highest BCUT2D eigenvalue weighted by molar-refractivity contribution is 6.07. The SMILES string of the molecule is CCN(C(=O)c1ccc(OC)c(NC(C)=O)c1)c1cccc(C)c1. The van der Waals surface area contributed by atoms with Crippen LogP contribution >= 0.6 is 0 Å². The van der Waals surface area contributed by atoms with Gasteiger partial charge in [-0.3, -0.25) is 9.59 Å². The van der Waals surface area contributed by atoms with E-state index in [0.717, 1.165) is 11.3 Å². The van der Waals surface area contributed by atoms with Crippen molar-refractivity contribution in [1.82, 2.24) is 0 Å². The Morgan fingerprint density at radius 1 is 1.17 bits per heavy atom. The number of carbonyl (C=O) groups excluding carboxylic acids is 2. The van der Waals surface area contributed by atoms with Crippen molar-refractivity contribution in [1.29, 1.82) is 0 Å². The van der Waals surface area contributed by atoms with Crippen LogP contribution in [-0.2, 0) is 4.79 Å². The third-order valence-corrected chi connectivity index (χ3v) is 3.63. The molecule has 5 heteroatoms. The number of methoxy groups -OCH3 is 1. The molecule has 2 amide bonds. The standard InChI is InChI=1S/C19H22N2O3/c1-5-21(16-8-6-7-13(2)11-16)19(23)15-9-10-18(24-4)17(12-15)20-14(3)22/h6-12H,5H2,1-4H3,(H,20,22). The van der Waals surface area contributed by atoms with Crippen molar-refractivity contribution in [2.75, 3.05) is 23.9 Å². The van der Waals surface area contributed by atoms with E-state index >= 15 is 0 Å². The Hall–Kier alpha value is -2.82. The van der Waals surface area contributed by atoms with Crippen LogP contribution in [0.1, 0.15) is 29.8 Å². The van der Waals surface area contributed by atoms with E-state index in [-0.39, 0.29) is 11.8 Å². The molecule has 126 valence electrons. The maximum atomic E-state index is 12.9. The molecule has 0 aromatic heterocycles. The molecule has 0 aliphatic carbocycles. The van der Waals surface area contributed by atoms with E-state index < -0.39 is 0 Å². The Morgan fingerprint density at radius 2 is 1.92 bits per heavy atom. The summed E-state index contributed by atoms with van der Waals surface area (Å²) in [4.78, 5) is 25.9. The molecule has 0 saturated carbocycles. The second kappa shape index (κ2) is 7.64. The molecule has 0 bridgehead atoms. The highest BCUT2D eigenvalue weighted by Gasteiger charge is 2.18. The van der Waals surface area contributed by atoms with Gasteiger partial charge in [-0.2, -0.15) is 0 Å². The lowest BCUT2D eigenvalue weighted by atomic mass is 10.1. The number of amides is 2. The maximum Gasteiger partial charge on any atom is 0.258 e. The Bertz CT molecular complexity index is 756. The van der Waals surface area contributed by atoms with Crippen molar-refractivity contribution in [3.05, 3.63) is 53.6 Å². The first-order chi connectivity index (χ1) is 11.5. The third-order valence-electron chi connectivity index (χ3n) is 3.63. The van der Waals surface area contributed by atoms with Crippen molar-refractivity contribution < 1.29 is 14.3 Å². The van der Waals surface area contributed by atoms with Gasteiger partial charge in [-0.05, 0) is 49.7 Å². The molecule has 0 heterocycles. The zero-order valence-electron chi connectivity index (χ0n) is 14.4. The fourth-order valence-electron chi connectivity index (χ4n) is 2.52. The fraction of sp³-hybridized carbons (Fsp3) is 0.263. The van der Waals surface area contributed by atoms with E-state index in [1.807, 2.05) is 38.1 Å². The van der Waals surface area contributed by atoms with E-state index in [0.29, 0.717) is 23.5 Å². The van der Waals surface area contributed by atoms with Crippen molar-refractivity contribution >= 4 is 23.2 Å². The van der Waals surface area contributed by atoms with Crippen LogP contribution in [0.5, 0.6) is 5.75 Å². The second-order valence-electron chi connectivity index (χ2n) is 5.48. The number of hydrogen-bond acceptors (Lipinski definition) is 3. The molecule has 24 heavy (non-hydrogen) atoms. The van der Waals surface area contributed by atoms with Crippen molar-refractivity contribution in [2.45, 2.75) is 20.8 Å². The summed E-state index contributed by atoms with van der Waals surface area (Å²) in [7, 11) is 1.52. The molecule has 2 rings (SSSR count). The van der Waals surface area contributed by atoms with Gasteiger partial charge in [-0.1, -0.05) is 12.1 Å². The number of benzene rings is 2. The van der Waals surface area contributed by atoms with Crippen molar-refractivity contribution in [3.8, 4) is 5.75 Å². The first-order valence-electron chi connectivity index (χ1n) is 7.80. The second-order valence-corrected chi connectivity index (χ2v) is 5.48. The summed E-state index contributed by atoms with van der Waals surface area (Å²) in [6.45, 7) is 5.88. The molecule has 0 spiro atoms. The summed E-state index contributed by atoms with van der Waals surface area (Å²) in [6.07, 6.45) is 0. The van der Waals surface area contributed by atoms with Crippen LogP contribution < -0.4 is 15.0 Å². The highest BCUT2D eigenvalue weighted by Crippen LogP contribution is 2.27. The molecule has 0 atom stereocenters. The molecule has 2 aromatic rings. The molecule has 5 nitrogen and oxygen atoms in total. The summed E-state index contributed by atoms with van der Waals surface area (Å²) < 4.78 is 5.23. The summed E-state index contributed by atoms with van der Waals surface area (Å²) in [5.74, 6) is 0.168. The number of aryl methyl sites for hydroxylation is 1. The number of rotatable bonds is 5. The maximum absolute atomic E-state index is 12.9. The van der Waals surface area contributed by atoms with Gasteiger partial charge < -0.3 is 15.0 Å².